The van der Waals surface area contributed by atoms with Crippen molar-refractivity contribution in [2.45, 2.75) is 20.8 Å². The number of halogens is 1. The third-order valence-corrected chi connectivity index (χ3v) is 4.08. The molecule has 2 aromatic rings. The van der Waals surface area contributed by atoms with E-state index in [1.165, 1.54) is 6.08 Å². The summed E-state index contributed by atoms with van der Waals surface area (Å²) < 4.78 is 9.97. The molecule has 0 radical (unpaired) electrons. The molecule has 1 aromatic carbocycles. The molecule has 7 heteroatoms. The standard InChI is InChI=1S/C20H20ClNO5/c1-4-26-20(25)18-12(2)19(22-13(18)3)16(23)11-27-17(24)10-7-14-5-8-15(21)9-6-14/h5-10,22H,4,11H2,1-3H3. The maximum absolute atomic E-state index is 12.3. The van der Waals surface area contributed by atoms with E-state index in [9.17, 15) is 14.4 Å². The molecule has 2 rings (SSSR count). The molecule has 0 amide bonds. The van der Waals surface area contributed by atoms with Crippen LogP contribution in [0.2, 0.25) is 5.02 Å². The van der Waals surface area contributed by atoms with Gasteiger partial charge in [0, 0.05) is 16.8 Å². The highest BCUT2D eigenvalue weighted by Gasteiger charge is 2.23. The number of carbonyl (C=O) groups excluding carboxylic acids is 3. The van der Waals surface area contributed by atoms with E-state index >= 15 is 0 Å². The Labute approximate surface area is 162 Å². The predicted molar refractivity (Wildman–Crippen MR) is 102 cm³/mol. The zero-order chi connectivity index (χ0) is 20.0. The third kappa shape index (κ3) is 5.31. The van der Waals surface area contributed by atoms with Crippen LogP contribution in [0.25, 0.3) is 6.08 Å². The second kappa shape index (κ2) is 9.19. The number of ether oxygens (including phenoxy) is 2. The summed E-state index contributed by atoms with van der Waals surface area (Å²) in [6.45, 7) is 4.83. The Morgan fingerprint density at radius 3 is 2.41 bits per heavy atom. The molecular weight excluding hydrogens is 370 g/mol. The first-order valence-electron chi connectivity index (χ1n) is 8.33. The van der Waals surface area contributed by atoms with E-state index in [4.69, 9.17) is 21.1 Å². The quantitative estimate of drug-likeness (QED) is 0.441. The van der Waals surface area contributed by atoms with Crippen molar-refractivity contribution >= 4 is 35.4 Å². The molecule has 0 saturated heterocycles. The van der Waals surface area contributed by atoms with Crippen molar-refractivity contribution < 1.29 is 23.9 Å². The molecule has 6 nitrogen and oxygen atoms in total. The molecule has 1 heterocycles. The monoisotopic (exact) mass is 389 g/mol. The summed E-state index contributed by atoms with van der Waals surface area (Å²) in [4.78, 5) is 39.0. The van der Waals surface area contributed by atoms with Gasteiger partial charge < -0.3 is 14.5 Å². The fourth-order valence-corrected chi connectivity index (χ4v) is 2.66. The summed E-state index contributed by atoms with van der Waals surface area (Å²) in [5, 5.41) is 0.596. The third-order valence-electron chi connectivity index (χ3n) is 3.82. The van der Waals surface area contributed by atoms with Crippen molar-refractivity contribution in [1.29, 1.82) is 0 Å². The second-order valence-electron chi connectivity index (χ2n) is 5.76. The second-order valence-corrected chi connectivity index (χ2v) is 6.20. The topological polar surface area (TPSA) is 85.5 Å². The first-order chi connectivity index (χ1) is 12.8. The number of carbonyl (C=O) groups is 3. The molecule has 0 spiro atoms. The highest BCUT2D eigenvalue weighted by atomic mass is 35.5. The van der Waals surface area contributed by atoms with Gasteiger partial charge in [0.05, 0.1) is 17.9 Å². The average Bonchev–Trinajstić information content (AvgIpc) is 2.93. The number of H-pyrrole nitrogens is 1. The van der Waals surface area contributed by atoms with Gasteiger partial charge in [-0.25, -0.2) is 9.59 Å². The van der Waals surface area contributed by atoms with Gasteiger partial charge in [0.15, 0.2) is 6.61 Å². The van der Waals surface area contributed by atoms with E-state index < -0.39 is 24.3 Å². The Balaban J connectivity index is 1.99. The smallest absolute Gasteiger partial charge is 0.340 e. The zero-order valence-electron chi connectivity index (χ0n) is 15.3. The number of esters is 2. The molecule has 27 heavy (non-hydrogen) atoms. The van der Waals surface area contributed by atoms with Gasteiger partial charge in [0.1, 0.15) is 0 Å². The van der Waals surface area contributed by atoms with Crippen LogP contribution in [0.4, 0.5) is 0 Å². The normalized spacial score (nSPS) is 10.8. The highest BCUT2D eigenvalue weighted by molar-refractivity contribution is 6.30. The van der Waals surface area contributed by atoms with Crippen molar-refractivity contribution in [3.05, 3.63) is 63.4 Å². The van der Waals surface area contributed by atoms with E-state index in [2.05, 4.69) is 4.98 Å². The van der Waals surface area contributed by atoms with Crippen LogP contribution in [0.15, 0.2) is 30.3 Å². The maximum atomic E-state index is 12.3. The van der Waals surface area contributed by atoms with Crippen molar-refractivity contribution in [1.82, 2.24) is 4.98 Å². The lowest BCUT2D eigenvalue weighted by Gasteiger charge is -2.03. The summed E-state index contributed by atoms with van der Waals surface area (Å²) >= 11 is 5.79. The maximum Gasteiger partial charge on any atom is 0.340 e. The summed E-state index contributed by atoms with van der Waals surface area (Å²) in [6.07, 6.45) is 2.79. The molecule has 0 fully saturated rings. The molecule has 0 atom stereocenters. The van der Waals surface area contributed by atoms with Crippen LogP contribution in [0.3, 0.4) is 0 Å². The van der Waals surface area contributed by atoms with Crippen molar-refractivity contribution in [3.8, 4) is 0 Å². The first-order valence-corrected chi connectivity index (χ1v) is 8.71. The van der Waals surface area contributed by atoms with Gasteiger partial charge in [-0.2, -0.15) is 0 Å². The molecular formula is C20H20ClNO5. The van der Waals surface area contributed by atoms with Crippen LogP contribution >= 0.6 is 11.6 Å². The predicted octanol–water partition coefficient (Wildman–Crippen LogP) is 3.90. The van der Waals surface area contributed by atoms with Gasteiger partial charge in [-0.05, 0) is 50.1 Å². The van der Waals surface area contributed by atoms with Crippen molar-refractivity contribution in [3.63, 3.8) is 0 Å². The van der Waals surface area contributed by atoms with Crippen molar-refractivity contribution in [2.24, 2.45) is 0 Å². The van der Waals surface area contributed by atoms with Gasteiger partial charge in [-0.1, -0.05) is 23.7 Å². The molecule has 0 unspecified atom stereocenters. The minimum atomic E-state index is -0.648. The van der Waals surface area contributed by atoms with E-state index in [1.807, 2.05) is 0 Å². The Bertz CT molecular complexity index is 881. The van der Waals surface area contributed by atoms with Gasteiger partial charge in [0.25, 0.3) is 0 Å². The average molecular weight is 390 g/mol. The van der Waals surface area contributed by atoms with E-state index in [-0.39, 0.29) is 12.3 Å². The van der Waals surface area contributed by atoms with Gasteiger partial charge in [0.2, 0.25) is 5.78 Å². The molecule has 1 aromatic heterocycles. The van der Waals surface area contributed by atoms with Crippen LogP contribution in [0.1, 0.15) is 44.6 Å². The van der Waals surface area contributed by atoms with Crippen LogP contribution < -0.4 is 0 Å². The Morgan fingerprint density at radius 1 is 1.11 bits per heavy atom. The lowest BCUT2D eigenvalue weighted by molar-refractivity contribution is -0.136. The number of ketones is 1. The summed E-state index contributed by atoms with van der Waals surface area (Å²) in [5.74, 6) is -1.57. The van der Waals surface area contributed by atoms with Crippen LogP contribution in [0.5, 0.6) is 0 Å². The van der Waals surface area contributed by atoms with Crippen molar-refractivity contribution in [2.75, 3.05) is 13.2 Å². The fraction of sp³-hybridized carbons (Fsp3) is 0.250. The number of hydrogen-bond donors (Lipinski definition) is 1. The molecule has 1 N–H and O–H groups in total. The van der Waals surface area contributed by atoms with Crippen LogP contribution in [-0.4, -0.2) is 35.9 Å². The molecule has 0 bridgehead atoms. The minimum Gasteiger partial charge on any atom is -0.462 e. The zero-order valence-corrected chi connectivity index (χ0v) is 16.1. The molecule has 142 valence electrons. The molecule has 0 saturated carbocycles. The van der Waals surface area contributed by atoms with Gasteiger partial charge in [-0.3, -0.25) is 4.79 Å². The SMILES string of the molecule is CCOC(=O)c1c(C)[nH]c(C(=O)COC(=O)C=Cc2ccc(Cl)cc2)c1C. The van der Waals surface area contributed by atoms with E-state index in [0.29, 0.717) is 21.8 Å². The number of benzene rings is 1. The Kier molecular flexibility index (Phi) is 6.96. The highest BCUT2D eigenvalue weighted by Crippen LogP contribution is 2.19. The number of rotatable bonds is 7. The van der Waals surface area contributed by atoms with Gasteiger partial charge >= 0.3 is 11.9 Å². The first kappa shape index (κ1) is 20.5. The number of nitrogens with one attached hydrogen (secondary N) is 1. The van der Waals surface area contributed by atoms with Crippen LogP contribution in [0, 0.1) is 13.8 Å². The van der Waals surface area contributed by atoms with Crippen LogP contribution in [-0.2, 0) is 14.3 Å². The minimum absolute atomic E-state index is 0.227. The van der Waals surface area contributed by atoms with E-state index in [0.717, 1.165) is 5.56 Å². The largest absolute Gasteiger partial charge is 0.462 e. The fourth-order valence-electron chi connectivity index (χ4n) is 2.53. The molecule has 0 aliphatic carbocycles. The number of Topliss-reactive ketones (excluding diaryl/α,β-unsaturated/α-hetero) is 1. The van der Waals surface area contributed by atoms with E-state index in [1.54, 1.807) is 51.1 Å². The summed E-state index contributed by atoms with van der Waals surface area (Å²) in [5.41, 5.74) is 2.34. The lowest BCUT2D eigenvalue weighted by atomic mass is 10.1. The number of hydrogen-bond acceptors (Lipinski definition) is 5. The summed E-state index contributed by atoms with van der Waals surface area (Å²) in [7, 11) is 0. The Morgan fingerprint density at radius 2 is 1.78 bits per heavy atom. The number of aromatic amines is 1. The number of aryl methyl sites for hydroxylation is 1. The Hall–Kier alpha value is -2.86. The van der Waals surface area contributed by atoms with Gasteiger partial charge in [-0.15, -0.1) is 0 Å². The molecule has 0 aliphatic rings. The summed E-state index contributed by atoms with van der Waals surface area (Å²) in [6, 6.07) is 6.90. The molecule has 0 aliphatic heterocycles. The number of aromatic nitrogens is 1. The lowest BCUT2D eigenvalue weighted by Crippen LogP contribution is -2.14.